The lowest BCUT2D eigenvalue weighted by atomic mass is 10.0. The average molecular weight is 249 g/mol. The van der Waals surface area contributed by atoms with E-state index >= 15 is 0 Å². The van der Waals surface area contributed by atoms with E-state index in [0.29, 0.717) is 17.5 Å². The monoisotopic (exact) mass is 249 g/mol. The molecule has 2 atom stereocenters. The molecular weight excluding hydrogens is 226 g/mol. The molecule has 18 heavy (non-hydrogen) atoms. The molecule has 0 aromatic heterocycles. The summed E-state index contributed by atoms with van der Waals surface area (Å²) in [6, 6.07) is 6.13. The number of phenols is 1. The number of hydrogen-bond donors (Lipinski definition) is 2. The van der Waals surface area contributed by atoms with Crippen LogP contribution in [-0.4, -0.2) is 18.3 Å². The summed E-state index contributed by atoms with van der Waals surface area (Å²) in [7, 11) is 1.60. The van der Waals surface area contributed by atoms with Gasteiger partial charge in [-0.25, -0.2) is 0 Å². The first-order valence-corrected chi connectivity index (χ1v) is 6.73. The van der Waals surface area contributed by atoms with Gasteiger partial charge in [-0.3, -0.25) is 0 Å². The zero-order valence-corrected chi connectivity index (χ0v) is 11.4. The van der Waals surface area contributed by atoms with Gasteiger partial charge < -0.3 is 15.2 Å². The third-order valence-electron chi connectivity index (χ3n) is 3.62. The minimum atomic E-state index is 0.157. The largest absolute Gasteiger partial charge is 0.507 e. The molecule has 3 nitrogen and oxygen atoms in total. The maximum absolute atomic E-state index is 9.98. The maximum atomic E-state index is 9.98. The molecule has 3 heteroatoms. The van der Waals surface area contributed by atoms with Gasteiger partial charge >= 0.3 is 0 Å². The molecular formula is C15H23NO2. The Morgan fingerprint density at radius 1 is 1.39 bits per heavy atom. The molecule has 2 unspecified atom stereocenters. The van der Waals surface area contributed by atoms with Crippen molar-refractivity contribution in [2.45, 2.75) is 45.2 Å². The normalized spacial score (nSPS) is 18.4. The van der Waals surface area contributed by atoms with Crippen molar-refractivity contribution in [2.24, 2.45) is 5.92 Å². The first-order chi connectivity index (χ1) is 8.60. The Kier molecular flexibility index (Phi) is 4.12. The topological polar surface area (TPSA) is 41.5 Å². The summed E-state index contributed by atoms with van der Waals surface area (Å²) in [6.45, 7) is 4.31. The van der Waals surface area contributed by atoms with Crippen LogP contribution in [0.25, 0.3) is 0 Å². The second-order valence-corrected chi connectivity index (χ2v) is 5.39. The van der Waals surface area contributed by atoms with Crippen molar-refractivity contribution in [2.75, 3.05) is 7.11 Å². The van der Waals surface area contributed by atoms with Crippen molar-refractivity contribution in [1.82, 2.24) is 5.32 Å². The van der Waals surface area contributed by atoms with Crippen LogP contribution in [0.2, 0.25) is 0 Å². The van der Waals surface area contributed by atoms with Gasteiger partial charge in [0.15, 0.2) is 0 Å². The Labute approximate surface area is 109 Å². The summed E-state index contributed by atoms with van der Waals surface area (Å²) in [6.07, 6.45) is 4.00. The van der Waals surface area contributed by atoms with Crippen LogP contribution < -0.4 is 10.1 Å². The van der Waals surface area contributed by atoms with Gasteiger partial charge in [-0.2, -0.15) is 0 Å². The summed E-state index contributed by atoms with van der Waals surface area (Å²) in [5, 5.41) is 13.5. The van der Waals surface area contributed by atoms with E-state index in [0.717, 1.165) is 11.5 Å². The van der Waals surface area contributed by atoms with Gasteiger partial charge in [-0.1, -0.05) is 18.9 Å². The van der Waals surface area contributed by atoms with Gasteiger partial charge in [0, 0.05) is 23.7 Å². The molecule has 1 fully saturated rings. The molecule has 0 radical (unpaired) electrons. The van der Waals surface area contributed by atoms with E-state index in [-0.39, 0.29) is 6.04 Å². The standard InChI is InChI=1S/C15H23NO2/c1-10(8-12-4-5-12)16-11(2)14-7-6-13(18-3)9-15(14)17/h6-7,9-12,16-17H,4-5,8H2,1-3H3. The second kappa shape index (κ2) is 5.61. The predicted molar refractivity (Wildman–Crippen MR) is 73.0 cm³/mol. The van der Waals surface area contributed by atoms with Crippen molar-refractivity contribution in [3.63, 3.8) is 0 Å². The molecule has 2 N–H and O–H groups in total. The summed E-state index contributed by atoms with van der Waals surface area (Å²) < 4.78 is 5.09. The molecule has 0 amide bonds. The summed E-state index contributed by atoms with van der Waals surface area (Å²) >= 11 is 0. The molecule has 0 saturated heterocycles. The molecule has 1 aliphatic rings. The van der Waals surface area contributed by atoms with E-state index < -0.39 is 0 Å². The number of nitrogens with one attached hydrogen (secondary N) is 1. The zero-order chi connectivity index (χ0) is 13.1. The Morgan fingerprint density at radius 2 is 2.11 bits per heavy atom. The first kappa shape index (κ1) is 13.2. The third kappa shape index (κ3) is 3.39. The fourth-order valence-electron chi connectivity index (χ4n) is 2.45. The highest BCUT2D eigenvalue weighted by Gasteiger charge is 2.24. The van der Waals surface area contributed by atoms with Gasteiger partial charge in [-0.05, 0) is 32.3 Å². The van der Waals surface area contributed by atoms with Gasteiger partial charge in [0.1, 0.15) is 11.5 Å². The van der Waals surface area contributed by atoms with Crippen LogP contribution >= 0.6 is 0 Å². The molecule has 1 aromatic carbocycles. The Hall–Kier alpha value is -1.22. The second-order valence-electron chi connectivity index (χ2n) is 5.39. The Balaban J connectivity index is 1.96. The van der Waals surface area contributed by atoms with Crippen molar-refractivity contribution >= 4 is 0 Å². The third-order valence-corrected chi connectivity index (χ3v) is 3.62. The van der Waals surface area contributed by atoms with E-state index in [9.17, 15) is 5.11 Å². The van der Waals surface area contributed by atoms with Crippen molar-refractivity contribution in [1.29, 1.82) is 0 Å². The minimum absolute atomic E-state index is 0.157. The van der Waals surface area contributed by atoms with Crippen LogP contribution in [0, 0.1) is 5.92 Å². The van der Waals surface area contributed by atoms with Gasteiger partial charge in [0.2, 0.25) is 0 Å². The molecule has 0 aliphatic heterocycles. The quantitative estimate of drug-likeness (QED) is 0.813. The number of ether oxygens (including phenoxy) is 1. The maximum Gasteiger partial charge on any atom is 0.124 e. The van der Waals surface area contributed by atoms with E-state index in [2.05, 4.69) is 19.2 Å². The fourth-order valence-corrected chi connectivity index (χ4v) is 2.45. The number of aromatic hydroxyl groups is 1. The summed E-state index contributed by atoms with van der Waals surface area (Å²) in [4.78, 5) is 0. The smallest absolute Gasteiger partial charge is 0.124 e. The molecule has 100 valence electrons. The lowest BCUT2D eigenvalue weighted by Crippen LogP contribution is -2.29. The molecule has 1 aromatic rings. The van der Waals surface area contributed by atoms with Crippen molar-refractivity contribution in [3.05, 3.63) is 23.8 Å². The molecule has 1 aliphatic carbocycles. The zero-order valence-electron chi connectivity index (χ0n) is 11.4. The van der Waals surface area contributed by atoms with Crippen LogP contribution in [0.5, 0.6) is 11.5 Å². The highest BCUT2D eigenvalue weighted by atomic mass is 16.5. The number of benzene rings is 1. The van der Waals surface area contributed by atoms with E-state index in [1.807, 2.05) is 12.1 Å². The molecule has 2 rings (SSSR count). The van der Waals surface area contributed by atoms with E-state index in [1.165, 1.54) is 19.3 Å². The van der Waals surface area contributed by atoms with E-state index in [4.69, 9.17) is 4.74 Å². The minimum Gasteiger partial charge on any atom is -0.507 e. The fraction of sp³-hybridized carbons (Fsp3) is 0.600. The summed E-state index contributed by atoms with van der Waals surface area (Å²) in [5.74, 6) is 1.91. The van der Waals surface area contributed by atoms with Crippen molar-refractivity contribution in [3.8, 4) is 11.5 Å². The molecule has 0 spiro atoms. The van der Waals surface area contributed by atoms with Gasteiger partial charge in [-0.15, -0.1) is 0 Å². The SMILES string of the molecule is COc1ccc(C(C)NC(C)CC2CC2)c(O)c1. The van der Waals surface area contributed by atoms with Crippen LogP contribution in [0.3, 0.4) is 0 Å². The Bertz CT molecular complexity index is 401. The van der Waals surface area contributed by atoms with Crippen LogP contribution in [-0.2, 0) is 0 Å². The highest BCUT2D eigenvalue weighted by molar-refractivity contribution is 5.41. The van der Waals surface area contributed by atoms with Crippen LogP contribution in [0.15, 0.2) is 18.2 Å². The first-order valence-electron chi connectivity index (χ1n) is 6.73. The lowest BCUT2D eigenvalue weighted by molar-refractivity contribution is 0.397. The average Bonchev–Trinajstić information content (AvgIpc) is 3.12. The number of rotatable bonds is 6. The van der Waals surface area contributed by atoms with Crippen LogP contribution in [0.1, 0.15) is 44.7 Å². The van der Waals surface area contributed by atoms with Crippen molar-refractivity contribution < 1.29 is 9.84 Å². The van der Waals surface area contributed by atoms with E-state index in [1.54, 1.807) is 13.2 Å². The molecule has 0 heterocycles. The molecule has 0 bridgehead atoms. The lowest BCUT2D eigenvalue weighted by Gasteiger charge is -2.21. The highest BCUT2D eigenvalue weighted by Crippen LogP contribution is 2.34. The van der Waals surface area contributed by atoms with Gasteiger partial charge in [0.25, 0.3) is 0 Å². The number of hydrogen-bond acceptors (Lipinski definition) is 3. The van der Waals surface area contributed by atoms with Gasteiger partial charge in [0.05, 0.1) is 7.11 Å². The predicted octanol–water partition coefficient (Wildman–Crippen LogP) is 3.24. The number of phenolic OH excluding ortho intramolecular Hbond substituents is 1. The molecule has 1 saturated carbocycles. The number of methoxy groups -OCH3 is 1. The van der Waals surface area contributed by atoms with Crippen LogP contribution in [0.4, 0.5) is 0 Å². The summed E-state index contributed by atoms with van der Waals surface area (Å²) in [5.41, 5.74) is 0.929. The Morgan fingerprint density at radius 3 is 2.67 bits per heavy atom.